The minimum atomic E-state index is -1.79. The van der Waals surface area contributed by atoms with Crippen LogP contribution in [0.15, 0.2) is 60.8 Å². The molecular formula is C42H71NO13. The van der Waals surface area contributed by atoms with Crippen LogP contribution in [0.3, 0.4) is 0 Å². The number of carbonyl (C=O) groups excluding carboxylic acids is 1. The number of rotatable bonds is 28. The lowest BCUT2D eigenvalue weighted by Gasteiger charge is -2.46. The van der Waals surface area contributed by atoms with Crippen LogP contribution >= 0.6 is 0 Å². The summed E-state index contributed by atoms with van der Waals surface area (Å²) < 4.78 is 22.5. The average molecular weight is 798 g/mol. The van der Waals surface area contributed by atoms with Gasteiger partial charge in [-0.15, -0.1) is 0 Å². The van der Waals surface area contributed by atoms with Crippen LogP contribution in [0.2, 0.25) is 0 Å². The number of aliphatic hydroxyl groups is 8. The van der Waals surface area contributed by atoms with Crippen LogP contribution in [0, 0.1) is 0 Å². The van der Waals surface area contributed by atoms with E-state index in [0.29, 0.717) is 12.8 Å². The molecule has 0 aromatic rings. The zero-order valence-corrected chi connectivity index (χ0v) is 33.3. The molecule has 2 aliphatic rings. The number of ether oxygens (including phenoxy) is 4. The third-order valence-corrected chi connectivity index (χ3v) is 9.78. The summed E-state index contributed by atoms with van der Waals surface area (Å²) in [5, 5.41) is 86.0. The van der Waals surface area contributed by atoms with E-state index in [0.717, 1.165) is 57.8 Å². The molecule has 322 valence electrons. The molecule has 0 radical (unpaired) electrons. The Labute approximate surface area is 333 Å². The molecule has 0 aromatic heterocycles. The standard InChI is InChI=1S/C42H71NO13/c1-3-5-7-9-11-12-13-14-15-16-17-18-20-22-24-26-34(47)43-30(31(46)25-23-21-19-10-8-6-4-2)29-53-41-39(52)37(50)40(33(28-45)55-41)56-42-38(51)36(49)35(48)32(27-44)54-42/h5,7,11-12,14-15,17-18,22,24,30-33,35-42,44-46,48-52H,3-4,6,8-10,13,16,19-21,23,25-29H2,1-2H3,(H,43,47)/b7-5-,12-11-,15-14-,18-17-,24-22-. The van der Waals surface area contributed by atoms with Crippen LogP contribution < -0.4 is 5.32 Å². The summed E-state index contributed by atoms with van der Waals surface area (Å²) in [6.45, 7) is 2.55. The molecule has 2 heterocycles. The molecule has 0 spiro atoms. The number of allylic oxidation sites excluding steroid dienone is 9. The summed E-state index contributed by atoms with van der Waals surface area (Å²) >= 11 is 0. The highest BCUT2D eigenvalue weighted by Gasteiger charge is 2.50. The lowest BCUT2D eigenvalue weighted by atomic mass is 9.97. The number of hydrogen-bond donors (Lipinski definition) is 9. The van der Waals surface area contributed by atoms with Crippen molar-refractivity contribution in [1.82, 2.24) is 5.32 Å². The van der Waals surface area contributed by atoms with Crippen LogP contribution in [0.25, 0.3) is 0 Å². The van der Waals surface area contributed by atoms with E-state index in [1.807, 2.05) is 12.2 Å². The molecule has 56 heavy (non-hydrogen) atoms. The van der Waals surface area contributed by atoms with Gasteiger partial charge in [0.25, 0.3) is 0 Å². The van der Waals surface area contributed by atoms with E-state index in [4.69, 9.17) is 18.9 Å². The van der Waals surface area contributed by atoms with Gasteiger partial charge in [-0.05, 0) is 38.5 Å². The number of unbranched alkanes of at least 4 members (excludes halogenated alkanes) is 6. The van der Waals surface area contributed by atoms with Gasteiger partial charge in [-0.3, -0.25) is 4.79 Å². The van der Waals surface area contributed by atoms with Crippen LogP contribution in [0.4, 0.5) is 0 Å². The summed E-state index contributed by atoms with van der Waals surface area (Å²) in [4.78, 5) is 13.0. The Balaban J connectivity index is 1.94. The van der Waals surface area contributed by atoms with Gasteiger partial charge in [0.05, 0.1) is 32.0 Å². The SMILES string of the molecule is CC/C=C\C/C=C\C/C=C\C/C=C\C/C=C\CC(=O)NC(COC1OC(CO)C(OC2OC(CO)C(O)C(O)C2O)C(O)C1O)C(O)CCCCCCCCC. The van der Waals surface area contributed by atoms with Gasteiger partial charge in [0.2, 0.25) is 5.91 Å². The van der Waals surface area contributed by atoms with E-state index < -0.39 is 86.8 Å². The molecule has 0 aliphatic carbocycles. The molecule has 9 N–H and O–H groups in total. The number of nitrogens with one attached hydrogen (secondary N) is 1. The fourth-order valence-corrected chi connectivity index (χ4v) is 6.36. The highest BCUT2D eigenvalue weighted by molar-refractivity contribution is 5.77. The Morgan fingerprint density at radius 3 is 1.73 bits per heavy atom. The van der Waals surface area contributed by atoms with Crippen molar-refractivity contribution < 1.29 is 64.6 Å². The van der Waals surface area contributed by atoms with E-state index in [2.05, 4.69) is 61.7 Å². The third kappa shape index (κ3) is 18.5. The fraction of sp³-hybridized carbons (Fsp3) is 0.738. The van der Waals surface area contributed by atoms with Gasteiger partial charge < -0.3 is 65.1 Å². The maximum Gasteiger partial charge on any atom is 0.224 e. The van der Waals surface area contributed by atoms with Crippen molar-refractivity contribution >= 4 is 5.91 Å². The predicted molar refractivity (Wildman–Crippen MR) is 212 cm³/mol. The molecule has 2 aliphatic heterocycles. The highest BCUT2D eigenvalue weighted by Crippen LogP contribution is 2.30. The molecule has 12 unspecified atom stereocenters. The lowest BCUT2D eigenvalue weighted by Crippen LogP contribution is -2.65. The van der Waals surface area contributed by atoms with Gasteiger partial charge in [0, 0.05) is 6.42 Å². The maximum absolute atomic E-state index is 13.0. The molecule has 2 fully saturated rings. The first-order chi connectivity index (χ1) is 27.1. The summed E-state index contributed by atoms with van der Waals surface area (Å²) in [6.07, 6.45) is 15.8. The quantitative estimate of drug-likeness (QED) is 0.0411. The van der Waals surface area contributed by atoms with Crippen LogP contribution in [-0.4, -0.2) is 140 Å². The maximum atomic E-state index is 13.0. The largest absolute Gasteiger partial charge is 0.394 e. The smallest absolute Gasteiger partial charge is 0.224 e. The fourth-order valence-electron chi connectivity index (χ4n) is 6.36. The van der Waals surface area contributed by atoms with Crippen LogP contribution in [0.5, 0.6) is 0 Å². The van der Waals surface area contributed by atoms with E-state index in [-0.39, 0.29) is 18.9 Å². The molecule has 1 amide bonds. The monoisotopic (exact) mass is 797 g/mol. The van der Waals surface area contributed by atoms with E-state index in [1.165, 1.54) is 12.8 Å². The van der Waals surface area contributed by atoms with Crippen molar-refractivity contribution in [3.63, 3.8) is 0 Å². The molecule has 2 saturated heterocycles. The Hall–Kier alpha value is -2.31. The molecule has 12 atom stereocenters. The van der Waals surface area contributed by atoms with Crippen molar-refractivity contribution in [3.8, 4) is 0 Å². The second-order valence-electron chi connectivity index (χ2n) is 14.4. The summed E-state index contributed by atoms with van der Waals surface area (Å²) in [7, 11) is 0. The Morgan fingerprint density at radius 1 is 0.643 bits per heavy atom. The molecule has 14 heteroatoms. The molecule has 0 aromatic carbocycles. The lowest BCUT2D eigenvalue weighted by molar-refractivity contribution is -0.359. The van der Waals surface area contributed by atoms with E-state index in [1.54, 1.807) is 6.08 Å². The minimum absolute atomic E-state index is 0.0684. The van der Waals surface area contributed by atoms with Crippen LogP contribution in [-0.2, 0) is 23.7 Å². The molecular weight excluding hydrogens is 726 g/mol. The Morgan fingerprint density at radius 2 is 1.16 bits per heavy atom. The van der Waals surface area contributed by atoms with Crippen molar-refractivity contribution in [2.24, 2.45) is 0 Å². The van der Waals surface area contributed by atoms with E-state index >= 15 is 0 Å². The Kier molecular flexibility index (Phi) is 26.6. The second-order valence-corrected chi connectivity index (χ2v) is 14.4. The zero-order valence-electron chi connectivity index (χ0n) is 33.3. The van der Waals surface area contributed by atoms with Crippen LogP contribution in [0.1, 0.15) is 104 Å². The molecule has 0 bridgehead atoms. The summed E-state index contributed by atoms with van der Waals surface area (Å²) in [5.41, 5.74) is 0. The first kappa shape index (κ1) is 49.8. The van der Waals surface area contributed by atoms with Gasteiger partial charge in [0.15, 0.2) is 12.6 Å². The normalized spacial score (nSPS) is 30.0. The van der Waals surface area contributed by atoms with Gasteiger partial charge >= 0.3 is 0 Å². The molecule has 0 saturated carbocycles. The van der Waals surface area contributed by atoms with Gasteiger partial charge in [-0.1, -0.05) is 120 Å². The van der Waals surface area contributed by atoms with E-state index in [9.17, 15) is 45.6 Å². The highest BCUT2D eigenvalue weighted by atomic mass is 16.7. The van der Waals surface area contributed by atoms with Crippen molar-refractivity contribution in [2.75, 3.05) is 19.8 Å². The minimum Gasteiger partial charge on any atom is -0.394 e. The summed E-state index contributed by atoms with van der Waals surface area (Å²) in [6, 6.07) is -0.881. The average Bonchev–Trinajstić information content (AvgIpc) is 3.19. The van der Waals surface area contributed by atoms with Crippen molar-refractivity contribution in [1.29, 1.82) is 0 Å². The number of carbonyl (C=O) groups is 1. The molecule has 2 rings (SSSR count). The van der Waals surface area contributed by atoms with Gasteiger partial charge in [0.1, 0.15) is 48.8 Å². The summed E-state index contributed by atoms with van der Waals surface area (Å²) in [5.74, 6) is -0.343. The zero-order chi connectivity index (χ0) is 41.1. The van der Waals surface area contributed by atoms with Gasteiger partial charge in [-0.25, -0.2) is 0 Å². The van der Waals surface area contributed by atoms with Gasteiger partial charge in [-0.2, -0.15) is 0 Å². The third-order valence-electron chi connectivity index (χ3n) is 9.78. The topological polar surface area (TPSA) is 228 Å². The predicted octanol–water partition coefficient (Wildman–Crippen LogP) is 2.76. The Bertz CT molecular complexity index is 1180. The van der Waals surface area contributed by atoms with Crippen molar-refractivity contribution in [3.05, 3.63) is 60.8 Å². The first-order valence-corrected chi connectivity index (χ1v) is 20.5. The number of aliphatic hydroxyl groups excluding tert-OH is 8. The first-order valence-electron chi connectivity index (χ1n) is 20.5. The number of hydrogen-bond acceptors (Lipinski definition) is 13. The van der Waals surface area contributed by atoms with Crippen molar-refractivity contribution in [2.45, 2.75) is 177 Å². The number of amides is 1. The second kappa shape index (κ2) is 29.8. The molecule has 14 nitrogen and oxygen atoms in total.